The number of para-hydroxylation sites is 2. The van der Waals surface area contributed by atoms with E-state index in [2.05, 4.69) is 24.3 Å². The summed E-state index contributed by atoms with van der Waals surface area (Å²) in [4.78, 5) is 0. The summed E-state index contributed by atoms with van der Waals surface area (Å²) in [6.45, 7) is 0. The van der Waals surface area contributed by atoms with Gasteiger partial charge in [-0.15, -0.1) is 0 Å². The fraction of sp³-hybridized carbons (Fsp3) is 0.0286. The number of aromatic hydroxyl groups is 4. The molecular formula is C35H26O4. The zero-order valence-electron chi connectivity index (χ0n) is 21.0. The van der Waals surface area contributed by atoms with Crippen LogP contribution in [0.15, 0.2) is 127 Å². The SMILES string of the molecule is Oc1ccccc1-c1cc(C(c2ccc(O)c(-c3ccccc3O)c2)c2cccc3ccccc23)ccc1O. The minimum Gasteiger partial charge on any atom is -0.507 e. The Balaban J connectivity index is 1.62. The first-order chi connectivity index (χ1) is 19.0. The summed E-state index contributed by atoms with van der Waals surface area (Å²) in [7, 11) is 0. The highest BCUT2D eigenvalue weighted by Crippen LogP contribution is 2.44. The van der Waals surface area contributed by atoms with Crippen molar-refractivity contribution in [2.75, 3.05) is 0 Å². The average molecular weight is 511 g/mol. The van der Waals surface area contributed by atoms with Crippen molar-refractivity contribution in [1.29, 1.82) is 0 Å². The van der Waals surface area contributed by atoms with E-state index in [1.165, 1.54) is 0 Å². The van der Waals surface area contributed by atoms with Crippen LogP contribution in [0.4, 0.5) is 0 Å². The number of fused-ring (bicyclic) bond motifs is 1. The van der Waals surface area contributed by atoms with Crippen LogP contribution < -0.4 is 0 Å². The van der Waals surface area contributed by atoms with E-state index >= 15 is 0 Å². The second-order valence-electron chi connectivity index (χ2n) is 9.59. The molecule has 39 heavy (non-hydrogen) atoms. The van der Waals surface area contributed by atoms with Gasteiger partial charge in [-0.25, -0.2) is 0 Å². The molecule has 0 bridgehead atoms. The monoisotopic (exact) mass is 510 g/mol. The van der Waals surface area contributed by atoms with Crippen LogP contribution in [0.1, 0.15) is 22.6 Å². The van der Waals surface area contributed by atoms with Crippen LogP contribution in [-0.4, -0.2) is 20.4 Å². The normalized spacial score (nSPS) is 11.2. The van der Waals surface area contributed by atoms with Crippen molar-refractivity contribution < 1.29 is 20.4 Å². The molecule has 0 amide bonds. The van der Waals surface area contributed by atoms with E-state index in [0.29, 0.717) is 22.3 Å². The number of rotatable bonds is 5. The van der Waals surface area contributed by atoms with Crippen molar-refractivity contribution in [3.63, 3.8) is 0 Å². The molecule has 0 saturated carbocycles. The minimum absolute atomic E-state index is 0.0672. The van der Waals surface area contributed by atoms with Crippen LogP contribution in [0.25, 0.3) is 33.0 Å². The molecule has 190 valence electrons. The van der Waals surface area contributed by atoms with E-state index in [9.17, 15) is 20.4 Å². The van der Waals surface area contributed by atoms with Gasteiger partial charge in [0.05, 0.1) is 0 Å². The first-order valence-corrected chi connectivity index (χ1v) is 12.7. The highest BCUT2D eigenvalue weighted by molar-refractivity contribution is 5.88. The fourth-order valence-corrected chi connectivity index (χ4v) is 5.35. The molecule has 0 radical (unpaired) electrons. The smallest absolute Gasteiger partial charge is 0.123 e. The number of hydrogen-bond donors (Lipinski definition) is 4. The van der Waals surface area contributed by atoms with Gasteiger partial charge in [0, 0.05) is 28.2 Å². The van der Waals surface area contributed by atoms with Gasteiger partial charge in [-0.3, -0.25) is 0 Å². The lowest BCUT2D eigenvalue weighted by Crippen LogP contribution is -2.05. The van der Waals surface area contributed by atoms with Gasteiger partial charge in [-0.2, -0.15) is 0 Å². The van der Waals surface area contributed by atoms with Gasteiger partial charge in [0.1, 0.15) is 23.0 Å². The van der Waals surface area contributed by atoms with E-state index in [0.717, 1.165) is 27.5 Å². The molecule has 6 aromatic rings. The largest absolute Gasteiger partial charge is 0.507 e. The Morgan fingerprint density at radius 3 is 1.41 bits per heavy atom. The third kappa shape index (κ3) is 4.42. The van der Waals surface area contributed by atoms with E-state index in [-0.39, 0.29) is 28.9 Å². The van der Waals surface area contributed by atoms with E-state index < -0.39 is 0 Å². The van der Waals surface area contributed by atoms with Crippen molar-refractivity contribution >= 4 is 10.8 Å². The maximum atomic E-state index is 10.8. The summed E-state index contributed by atoms with van der Waals surface area (Å²) in [6.07, 6.45) is 0. The lowest BCUT2D eigenvalue weighted by atomic mass is 9.81. The van der Waals surface area contributed by atoms with Crippen molar-refractivity contribution in [3.05, 3.63) is 144 Å². The maximum Gasteiger partial charge on any atom is 0.123 e. The highest BCUT2D eigenvalue weighted by atomic mass is 16.3. The molecule has 6 rings (SSSR count). The van der Waals surface area contributed by atoms with E-state index in [1.807, 2.05) is 54.6 Å². The summed E-state index contributed by atoms with van der Waals surface area (Å²) in [5.74, 6) is 0.0119. The Morgan fingerprint density at radius 2 is 0.846 bits per heavy atom. The van der Waals surface area contributed by atoms with Gasteiger partial charge in [-0.1, -0.05) is 91.0 Å². The van der Waals surface area contributed by atoms with Crippen molar-refractivity contribution in [3.8, 4) is 45.3 Å². The van der Waals surface area contributed by atoms with Crippen LogP contribution >= 0.6 is 0 Å². The molecule has 0 aliphatic heterocycles. The number of phenolic OH excluding ortho intramolecular Hbond substituents is 4. The Hall–Kier alpha value is -5.22. The third-order valence-corrected chi connectivity index (χ3v) is 7.23. The van der Waals surface area contributed by atoms with Crippen LogP contribution in [-0.2, 0) is 0 Å². The topological polar surface area (TPSA) is 80.9 Å². The highest BCUT2D eigenvalue weighted by Gasteiger charge is 2.23. The Bertz CT molecular complexity index is 1720. The first kappa shape index (κ1) is 24.1. The first-order valence-electron chi connectivity index (χ1n) is 12.7. The molecule has 0 fully saturated rings. The van der Waals surface area contributed by atoms with E-state index in [1.54, 1.807) is 48.5 Å². The number of phenols is 4. The lowest BCUT2D eigenvalue weighted by Gasteiger charge is -2.23. The Kier molecular flexibility index (Phi) is 6.14. The lowest BCUT2D eigenvalue weighted by molar-refractivity contribution is 0.468. The molecule has 0 aliphatic rings. The second kappa shape index (κ2) is 9.92. The van der Waals surface area contributed by atoms with Crippen molar-refractivity contribution in [2.45, 2.75) is 5.92 Å². The van der Waals surface area contributed by atoms with Gasteiger partial charge in [0.2, 0.25) is 0 Å². The van der Waals surface area contributed by atoms with Crippen molar-refractivity contribution in [2.24, 2.45) is 0 Å². The standard InChI is InChI=1S/C35H26O4/c36-31-14-5-3-11-26(31)29-20-23(16-18-33(29)38)35(28-13-7-9-22-8-1-2-10-25(22)28)24-17-19-34(39)30(21-24)27-12-4-6-15-32(27)37/h1-21,35-39H. The maximum absolute atomic E-state index is 10.8. The van der Waals surface area contributed by atoms with Crippen LogP contribution in [0.2, 0.25) is 0 Å². The van der Waals surface area contributed by atoms with Gasteiger partial charge in [-0.05, 0) is 63.9 Å². The zero-order valence-corrected chi connectivity index (χ0v) is 21.0. The van der Waals surface area contributed by atoms with Crippen LogP contribution in [0, 0.1) is 0 Å². The molecule has 4 N–H and O–H groups in total. The molecule has 6 aromatic carbocycles. The molecule has 0 atom stereocenters. The third-order valence-electron chi connectivity index (χ3n) is 7.23. The van der Waals surface area contributed by atoms with Gasteiger partial charge in [0.25, 0.3) is 0 Å². The second-order valence-corrected chi connectivity index (χ2v) is 9.59. The van der Waals surface area contributed by atoms with Crippen molar-refractivity contribution in [1.82, 2.24) is 0 Å². The summed E-state index contributed by atoms with van der Waals surface area (Å²) in [5, 5.41) is 44.9. The molecular weight excluding hydrogens is 484 g/mol. The summed E-state index contributed by atoms with van der Waals surface area (Å²) in [6, 6.07) is 39.1. The average Bonchev–Trinajstić information content (AvgIpc) is 2.96. The fourth-order valence-electron chi connectivity index (χ4n) is 5.35. The predicted molar refractivity (Wildman–Crippen MR) is 155 cm³/mol. The van der Waals surface area contributed by atoms with Crippen LogP contribution in [0.3, 0.4) is 0 Å². The minimum atomic E-state index is -0.286. The molecule has 0 heterocycles. The molecule has 0 unspecified atom stereocenters. The summed E-state index contributed by atoms with van der Waals surface area (Å²) in [5.41, 5.74) is 4.97. The molecule has 0 aromatic heterocycles. The molecule has 0 spiro atoms. The summed E-state index contributed by atoms with van der Waals surface area (Å²) >= 11 is 0. The number of hydrogen-bond acceptors (Lipinski definition) is 4. The van der Waals surface area contributed by atoms with Gasteiger partial charge >= 0.3 is 0 Å². The molecule has 4 heteroatoms. The van der Waals surface area contributed by atoms with E-state index in [4.69, 9.17) is 0 Å². The number of benzene rings is 6. The molecule has 0 aliphatic carbocycles. The van der Waals surface area contributed by atoms with Crippen LogP contribution in [0.5, 0.6) is 23.0 Å². The zero-order chi connectivity index (χ0) is 26.9. The Labute approximate surface area is 226 Å². The molecule has 0 saturated heterocycles. The quantitative estimate of drug-likeness (QED) is 0.176. The summed E-state index contributed by atoms with van der Waals surface area (Å²) < 4.78 is 0. The Morgan fingerprint density at radius 1 is 0.385 bits per heavy atom. The predicted octanol–water partition coefficient (Wildman–Crippen LogP) is 8.18. The molecule has 4 nitrogen and oxygen atoms in total. The van der Waals surface area contributed by atoms with Gasteiger partial charge < -0.3 is 20.4 Å². The van der Waals surface area contributed by atoms with Gasteiger partial charge in [0.15, 0.2) is 0 Å².